The molecule has 6 aromatic heterocycles. The number of aryl methyl sites for hydroxylation is 5. The van der Waals surface area contributed by atoms with Crippen molar-refractivity contribution in [3.63, 3.8) is 0 Å². The predicted octanol–water partition coefficient (Wildman–Crippen LogP) is 12.4. The van der Waals surface area contributed by atoms with E-state index in [0.29, 0.717) is 46.3 Å². The summed E-state index contributed by atoms with van der Waals surface area (Å²) < 4.78 is 25.7. The van der Waals surface area contributed by atoms with Gasteiger partial charge in [0.25, 0.3) is 12.5 Å². The van der Waals surface area contributed by atoms with Crippen molar-refractivity contribution < 1.29 is 210 Å². The first-order valence-corrected chi connectivity index (χ1v) is 45.6. The summed E-state index contributed by atoms with van der Waals surface area (Å²) in [4.78, 5) is 160. The topological polar surface area (TPSA) is 365 Å². The number of aromatic amines is 3. The van der Waals surface area contributed by atoms with Crippen LogP contribution in [-0.2, 0) is 51.4 Å². The number of hydrogen-bond donors (Lipinski definition) is 6. The van der Waals surface area contributed by atoms with Gasteiger partial charge in [0.2, 0.25) is 28.9 Å². The quantitative estimate of drug-likeness (QED) is 0.00679. The Hall–Kier alpha value is -6.56. The summed E-state index contributed by atoms with van der Waals surface area (Å²) in [6.07, 6.45) is 16.8. The number of alkyl halides is 2. The second-order valence-corrected chi connectivity index (χ2v) is 35.4. The summed E-state index contributed by atoms with van der Waals surface area (Å²) in [5.41, 5.74) is 19.2. The van der Waals surface area contributed by atoms with Crippen LogP contribution in [0.5, 0.6) is 0 Å². The Kier molecular flexibility index (Phi) is 50.8. The number of hydrogen-bond acceptors (Lipinski definition) is 16. The number of carbonyl (C=O) groups excluding carboxylic acids is 9. The number of amides is 4. The minimum Gasteiger partial charge on any atom is -0.478 e. The third kappa shape index (κ3) is 31.5. The number of halogens is 4. The fourth-order valence-electron chi connectivity index (χ4n) is 17.1. The standard InChI is InChI=1S/C26H31N3O3.C18H22N2O3.C17H20N2O3.C11H11NO.C8H12N2O.C7H12BrNO.C5H10.C3H4BrClO.CH2F.CH2O3.2Cs/c1-16-15-17(2)27-25(31)20(16)11-12-23(30)24-18(3)29(22-10-6-5-9-21(22)24)19(4)26(32)28-13-7-8-14-28;1-12-16(18(22)23-3)14-8-4-5-9-15(14)20(12)13(2)17(21)19-10-6-7-11-19;1-11-15(17(21)22)13-7-3-4-8-14(13)19(11)12(2)16(20)18-9-5-6-10-18;1-7-11(8(2)13)9-5-3-4-6-10(9)12-7;1-5-3-6(2)10-8(11)7(5)4-9;1-6(8)7(10)9-4-2-3-5-9;1-2-4-5-3-1;1-2(4)3(5)6;1-2;2-1-4-3;;/h5-6,9-10,15,19H,7-8,11-14H2,1-4H3,(H,27,31);4-5,8-9,13H,6-7,10-11H2,1-3H3;3-4,7-8,12H,5-6,9-10H2,1-2H3,(H,21,22);3-6,12H,1-2H3;3H,4,9H2,1-2H3,(H,10,11);6H,2-5H2,1H3;1-5H2;2H,1H3;1H2;1,3H;;/q;;;;;;;;-1;;2*+1/i/hD. The van der Waals surface area contributed by atoms with Gasteiger partial charge < -0.3 is 73.1 Å². The summed E-state index contributed by atoms with van der Waals surface area (Å²) in [6.45, 7) is 32.9. The van der Waals surface area contributed by atoms with Crippen molar-refractivity contribution in [1.82, 2.24) is 48.3 Å². The molecule has 0 bridgehead atoms. The maximum atomic E-state index is 13.4. The molecule has 694 valence electrons. The average Bonchev–Trinajstić information content (AvgIpc) is 1.61. The number of Topliss-reactive ketones (excluding diaryl/α,β-unsaturated/α-hetero) is 2. The molecule has 10 heterocycles. The van der Waals surface area contributed by atoms with Gasteiger partial charge >= 0.3 is 156 Å². The second kappa shape index (κ2) is 58.0. The number of fused-ring (bicyclic) bond motifs is 4. The van der Waals surface area contributed by atoms with Gasteiger partial charge in [-0.2, -0.15) is 7.18 Å². The van der Waals surface area contributed by atoms with Gasteiger partial charge in [-0.1, -0.05) is 137 Å². The molecular weight excluding hydrogens is 2060 g/mol. The summed E-state index contributed by atoms with van der Waals surface area (Å²) >= 11 is 11.1. The van der Waals surface area contributed by atoms with Crippen LogP contribution in [0.4, 0.5) is 4.39 Å². The molecule has 5 unspecified atom stereocenters. The van der Waals surface area contributed by atoms with Crippen LogP contribution >= 0.6 is 43.5 Å². The van der Waals surface area contributed by atoms with Crippen LogP contribution in [0, 0.1) is 62.6 Å². The third-order valence-corrected chi connectivity index (χ3v) is 24.6. The zero-order chi connectivity index (χ0) is 95.6. The number of carboxylic acid groups (broad SMARTS) is 1. The van der Waals surface area contributed by atoms with Gasteiger partial charge in [-0.15, -0.1) is 0 Å². The number of aromatic nitrogens is 6. The number of para-hydroxylation sites is 4. The molecule has 5 fully saturated rings. The molecule has 33 heteroatoms. The molecule has 4 saturated heterocycles. The van der Waals surface area contributed by atoms with E-state index in [2.05, 4.69) is 57.0 Å². The molecule has 15 rings (SSSR count). The first kappa shape index (κ1) is 114. The SMILES string of the molecule is C1CCCC1.CC(=O)c1c(C)[nH]c2ccccc12.CC(Br)C(=O)Cl.CC(Br)C(=O)N1CCCC1.COC(=O)c1c(C)n(C(C)C(=O)N2CCCC2)c2ccccc12.Cc1c(C(=O)O)c2ccccc2n1C(C)C(=O)N1CCCC1.Cc1cc(C)c(CCC(=O)c2c(C)n(C(C)C(=O)N3CCCC3)c3ccccc23)c(=O)[nH]1.Cc1cc(C)c(CN)c(=O)[nH]1.[2H]OOC=O.[CH2-]F.[Cs+].[Cs+]. The number of ether oxygens (including phenoxy) is 1. The monoisotopic (exact) mass is 2180 g/mol. The summed E-state index contributed by atoms with van der Waals surface area (Å²) in [7, 11) is 3.13. The van der Waals surface area contributed by atoms with Gasteiger partial charge in [0.05, 0.1) is 27.9 Å². The first-order valence-electron chi connectivity index (χ1n) is 43.8. The largest absolute Gasteiger partial charge is 1.00 e. The maximum absolute atomic E-state index is 13.4. The Morgan fingerprint density at radius 3 is 1.16 bits per heavy atom. The van der Waals surface area contributed by atoms with E-state index in [1.54, 1.807) is 34.0 Å². The fraction of sp³-hybridized carbons (Fsp3) is 0.454. The number of pyridine rings is 2. The second-order valence-electron chi connectivity index (χ2n) is 32.2. The molecule has 4 aromatic carbocycles. The summed E-state index contributed by atoms with van der Waals surface area (Å²) in [5.74, 6) is -0.676. The Balaban J connectivity index is 0.000000326. The predicted molar refractivity (Wildman–Crippen MR) is 509 cm³/mol. The maximum Gasteiger partial charge on any atom is 1.00 e. The molecule has 5 aliphatic rings. The van der Waals surface area contributed by atoms with E-state index in [4.69, 9.17) is 28.3 Å². The van der Waals surface area contributed by atoms with Crippen molar-refractivity contribution in [2.45, 2.75) is 228 Å². The summed E-state index contributed by atoms with van der Waals surface area (Å²) in [5, 5.41) is 15.6. The van der Waals surface area contributed by atoms with Crippen LogP contribution < -0.4 is 155 Å². The number of ketones is 2. The van der Waals surface area contributed by atoms with E-state index >= 15 is 0 Å². The van der Waals surface area contributed by atoms with Gasteiger partial charge in [-0.3, -0.25) is 47.9 Å². The van der Waals surface area contributed by atoms with Crippen molar-refractivity contribution in [1.29, 1.82) is 1.43 Å². The molecule has 0 spiro atoms. The van der Waals surface area contributed by atoms with Crippen LogP contribution in [0.3, 0.4) is 0 Å². The summed E-state index contributed by atoms with van der Waals surface area (Å²) in [6, 6.07) is 33.4. The number of nitrogens with one attached hydrogen (secondary N) is 3. The van der Waals surface area contributed by atoms with E-state index in [1.807, 2.05) is 213 Å². The number of methoxy groups -OCH3 is 1. The molecule has 7 N–H and O–H groups in total. The normalized spacial score (nSPS) is 14.6. The molecule has 4 aliphatic heterocycles. The van der Waals surface area contributed by atoms with E-state index < -0.39 is 12.0 Å². The zero-order valence-electron chi connectivity index (χ0n) is 79.3. The van der Waals surface area contributed by atoms with E-state index in [1.165, 1.54) is 52.1 Å². The average molecular weight is 2180 g/mol. The molecule has 27 nitrogen and oxygen atoms in total. The van der Waals surface area contributed by atoms with Crippen LogP contribution in [-0.4, -0.2) is 187 Å². The molecule has 0 radical (unpaired) electrons. The van der Waals surface area contributed by atoms with Gasteiger partial charge in [0.1, 0.15) is 18.1 Å². The first-order chi connectivity index (χ1) is 61.5. The molecule has 1 aliphatic carbocycles. The van der Waals surface area contributed by atoms with Crippen LogP contribution in [0.1, 0.15) is 247 Å². The van der Waals surface area contributed by atoms with Crippen LogP contribution in [0.2, 0.25) is 0 Å². The number of aromatic carboxylic acids is 1. The minimum atomic E-state index is -0.951. The Labute approximate surface area is 902 Å². The van der Waals surface area contributed by atoms with Crippen LogP contribution in [0.25, 0.3) is 45.0 Å². The zero-order valence-corrected chi connectivity index (χ0v) is 94.8. The number of nitrogens with two attached hydrogens (primary N) is 1. The smallest absolute Gasteiger partial charge is 0.478 e. The number of carbonyl (C=O) groups is 10. The van der Waals surface area contributed by atoms with Gasteiger partial charge in [-0.05, 0) is 214 Å². The van der Waals surface area contributed by atoms with Gasteiger partial charge in [0, 0.05) is 165 Å². The fourth-order valence-corrected chi connectivity index (χ4v) is 17.4. The van der Waals surface area contributed by atoms with Crippen molar-refractivity contribution in [3.8, 4) is 0 Å². The van der Waals surface area contributed by atoms with E-state index in [9.17, 15) is 62.2 Å². The van der Waals surface area contributed by atoms with Crippen molar-refractivity contribution >= 4 is 146 Å². The number of esters is 1. The number of H-pyrrole nitrogens is 3. The van der Waals surface area contributed by atoms with Crippen molar-refractivity contribution in [2.24, 2.45) is 5.73 Å². The van der Waals surface area contributed by atoms with Crippen LogP contribution in [0.15, 0.2) is 119 Å². The molecular formula is C97H126Br2ClCs2FN11O16+. The molecule has 4 amide bonds. The Morgan fingerprint density at radius 1 is 0.508 bits per heavy atom. The molecule has 130 heavy (non-hydrogen) atoms. The minimum absolute atomic E-state index is 0. The number of likely N-dealkylation sites (tertiary alicyclic amines) is 4. The number of nitrogens with zero attached hydrogens (tertiary/aromatic N) is 7. The van der Waals surface area contributed by atoms with E-state index in [0.717, 1.165) is 174 Å². The Bertz CT molecular complexity index is 5620. The molecule has 10 aromatic rings. The third-order valence-electron chi connectivity index (χ3n) is 23.2. The molecule has 1 saturated carbocycles. The number of benzene rings is 4. The van der Waals surface area contributed by atoms with E-state index in [-0.39, 0.29) is 236 Å². The number of carboxylic acids is 1. The van der Waals surface area contributed by atoms with Crippen molar-refractivity contribution in [3.05, 3.63) is 216 Å². The van der Waals surface area contributed by atoms with Gasteiger partial charge in [0.15, 0.2) is 11.6 Å². The molecule has 5 atom stereocenters. The van der Waals surface area contributed by atoms with Gasteiger partial charge in [-0.25, -0.2) is 14.8 Å². The Morgan fingerprint density at radius 2 is 0.838 bits per heavy atom. The number of rotatable bonds is 18. The van der Waals surface area contributed by atoms with Crippen molar-refractivity contribution in [2.75, 3.05) is 59.5 Å².